The smallest absolute Gasteiger partial charge is 0.251 e. The zero-order valence-corrected chi connectivity index (χ0v) is 15.0. The van der Waals surface area contributed by atoms with Gasteiger partial charge in [-0.25, -0.2) is 0 Å². The zero-order valence-electron chi connectivity index (χ0n) is 15.0. The van der Waals surface area contributed by atoms with Gasteiger partial charge in [0.2, 0.25) is 0 Å². The van der Waals surface area contributed by atoms with Crippen LogP contribution in [-0.4, -0.2) is 69.5 Å². The molecule has 8 nitrogen and oxygen atoms in total. The second-order valence-electron chi connectivity index (χ2n) is 7.66. The van der Waals surface area contributed by atoms with E-state index in [2.05, 4.69) is 15.1 Å². The highest BCUT2D eigenvalue weighted by Crippen LogP contribution is 2.35. The minimum Gasteiger partial charge on any atom is -0.368 e. The van der Waals surface area contributed by atoms with E-state index in [0.29, 0.717) is 12.5 Å². The van der Waals surface area contributed by atoms with Gasteiger partial charge in [-0.15, -0.1) is 15.3 Å². The summed E-state index contributed by atoms with van der Waals surface area (Å²) in [5.41, 5.74) is 0.804. The fraction of sp³-hybridized carbons (Fsp3) is 0.667. The predicted molar refractivity (Wildman–Crippen MR) is 95.1 cm³/mol. The van der Waals surface area contributed by atoms with Crippen LogP contribution in [-0.2, 0) is 9.53 Å². The molecule has 2 saturated heterocycles. The van der Waals surface area contributed by atoms with E-state index in [-0.39, 0.29) is 18.1 Å². The summed E-state index contributed by atoms with van der Waals surface area (Å²) in [7, 11) is 1.89. The Morgan fingerprint density at radius 2 is 2.04 bits per heavy atom. The highest BCUT2D eigenvalue weighted by molar-refractivity contribution is 5.81. The van der Waals surface area contributed by atoms with Crippen LogP contribution in [0.15, 0.2) is 12.1 Å². The Balaban J connectivity index is 1.27. The molecule has 3 fully saturated rings. The fourth-order valence-electron chi connectivity index (χ4n) is 3.95. The van der Waals surface area contributed by atoms with Gasteiger partial charge >= 0.3 is 0 Å². The summed E-state index contributed by atoms with van der Waals surface area (Å²) in [6, 6.07) is 4.19. The van der Waals surface area contributed by atoms with Gasteiger partial charge in [-0.05, 0) is 37.8 Å². The van der Waals surface area contributed by atoms with Gasteiger partial charge in [-0.1, -0.05) is 6.42 Å². The molecule has 2 aliphatic heterocycles. The molecule has 1 atom stereocenters. The molecule has 1 amide bonds. The van der Waals surface area contributed by atoms with Crippen molar-refractivity contribution in [2.45, 2.75) is 50.2 Å². The number of aromatic nitrogens is 4. The highest BCUT2D eigenvalue weighted by Gasteiger charge is 2.37. The van der Waals surface area contributed by atoms with E-state index in [1.807, 2.05) is 28.6 Å². The Kier molecular flexibility index (Phi) is 3.81. The summed E-state index contributed by atoms with van der Waals surface area (Å²) in [4.78, 5) is 16.5. The van der Waals surface area contributed by atoms with E-state index in [0.717, 1.165) is 43.2 Å². The maximum absolute atomic E-state index is 12.5. The van der Waals surface area contributed by atoms with Crippen molar-refractivity contribution in [3.63, 3.8) is 0 Å². The van der Waals surface area contributed by atoms with Gasteiger partial charge in [0.05, 0.1) is 6.04 Å². The van der Waals surface area contributed by atoms with Gasteiger partial charge in [-0.3, -0.25) is 4.79 Å². The van der Waals surface area contributed by atoms with Gasteiger partial charge in [0.1, 0.15) is 11.9 Å². The number of anilines is 1. The number of rotatable bonds is 4. The minimum absolute atomic E-state index is 0.113. The number of amides is 1. The molecule has 0 radical (unpaired) electrons. The molecule has 3 aliphatic rings. The third kappa shape index (κ3) is 2.55. The van der Waals surface area contributed by atoms with Crippen LogP contribution in [0.5, 0.6) is 0 Å². The molecule has 8 heteroatoms. The van der Waals surface area contributed by atoms with E-state index in [9.17, 15) is 4.79 Å². The molecule has 4 heterocycles. The number of ether oxygens (including phenoxy) is 1. The van der Waals surface area contributed by atoms with Crippen molar-refractivity contribution < 1.29 is 9.53 Å². The summed E-state index contributed by atoms with van der Waals surface area (Å²) in [5.74, 6) is 2.51. The Hall–Kier alpha value is -2.22. The number of likely N-dealkylation sites (N-methyl/N-ethyl adjacent to an activating group) is 1. The zero-order chi connectivity index (χ0) is 17.7. The van der Waals surface area contributed by atoms with Gasteiger partial charge in [0.25, 0.3) is 5.91 Å². The number of carbonyl (C=O) groups is 1. The highest BCUT2D eigenvalue weighted by atomic mass is 16.5. The summed E-state index contributed by atoms with van der Waals surface area (Å²) in [6.07, 6.45) is 5.19. The lowest BCUT2D eigenvalue weighted by Gasteiger charge is -2.45. The summed E-state index contributed by atoms with van der Waals surface area (Å²) < 4.78 is 7.42. The molecule has 0 spiro atoms. The van der Waals surface area contributed by atoms with Crippen LogP contribution in [0.2, 0.25) is 0 Å². The van der Waals surface area contributed by atoms with Crippen LogP contribution < -0.4 is 4.90 Å². The molecular weight excluding hydrogens is 332 g/mol. The average molecular weight is 356 g/mol. The molecule has 5 rings (SSSR count). The van der Waals surface area contributed by atoms with E-state index in [4.69, 9.17) is 9.84 Å². The first-order valence-corrected chi connectivity index (χ1v) is 9.56. The van der Waals surface area contributed by atoms with E-state index >= 15 is 0 Å². The molecule has 0 aromatic carbocycles. The number of nitrogens with zero attached hydrogens (tertiary/aromatic N) is 6. The van der Waals surface area contributed by atoms with Crippen LogP contribution >= 0.6 is 0 Å². The number of carbonyl (C=O) groups excluding carboxylic acids is 1. The van der Waals surface area contributed by atoms with Crippen molar-refractivity contribution in [2.75, 3.05) is 31.6 Å². The van der Waals surface area contributed by atoms with E-state index < -0.39 is 0 Å². The lowest BCUT2D eigenvalue weighted by Crippen LogP contribution is -2.61. The maximum Gasteiger partial charge on any atom is 0.251 e. The minimum atomic E-state index is -0.245. The third-order valence-corrected chi connectivity index (χ3v) is 6.03. The molecule has 26 heavy (non-hydrogen) atoms. The predicted octanol–water partition coefficient (Wildman–Crippen LogP) is 1.22. The van der Waals surface area contributed by atoms with Crippen LogP contribution in [0.1, 0.15) is 43.8 Å². The lowest BCUT2D eigenvalue weighted by molar-refractivity contribution is -0.142. The fourth-order valence-corrected chi connectivity index (χ4v) is 3.95. The number of hydrogen-bond donors (Lipinski definition) is 0. The van der Waals surface area contributed by atoms with Gasteiger partial charge in [0.15, 0.2) is 11.5 Å². The Morgan fingerprint density at radius 3 is 2.73 bits per heavy atom. The third-order valence-electron chi connectivity index (χ3n) is 6.03. The molecule has 1 saturated carbocycles. The van der Waals surface area contributed by atoms with Crippen molar-refractivity contribution in [3.05, 3.63) is 18.0 Å². The maximum atomic E-state index is 12.5. The second kappa shape index (κ2) is 6.19. The molecule has 138 valence electrons. The first-order valence-electron chi connectivity index (χ1n) is 9.56. The Labute approximate surface area is 152 Å². The van der Waals surface area contributed by atoms with Gasteiger partial charge in [-0.2, -0.15) is 4.52 Å². The van der Waals surface area contributed by atoms with Crippen LogP contribution in [0.25, 0.3) is 5.65 Å². The van der Waals surface area contributed by atoms with E-state index in [1.54, 1.807) is 0 Å². The van der Waals surface area contributed by atoms with Crippen molar-refractivity contribution in [1.82, 2.24) is 24.7 Å². The van der Waals surface area contributed by atoms with Gasteiger partial charge < -0.3 is 14.5 Å². The molecule has 2 aromatic rings. The quantitative estimate of drug-likeness (QED) is 0.820. The van der Waals surface area contributed by atoms with E-state index in [1.165, 1.54) is 19.3 Å². The second-order valence-corrected chi connectivity index (χ2v) is 7.66. The molecule has 1 aliphatic carbocycles. The summed E-state index contributed by atoms with van der Waals surface area (Å²) in [5, 5.41) is 13.3. The Morgan fingerprint density at radius 1 is 1.19 bits per heavy atom. The largest absolute Gasteiger partial charge is 0.368 e. The Bertz CT molecular complexity index is 820. The molecule has 0 N–H and O–H groups in total. The summed E-state index contributed by atoms with van der Waals surface area (Å²) >= 11 is 0. The topological polar surface area (TPSA) is 75.9 Å². The average Bonchev–Trinajstić information content (AvgIpc) is 3.21. The first-order chi connectivity index (χ1) is 12.7. The number of fused-ring (bicyclic) bond motifs is 1. The number of hydrogen-bond acceptors (Lipinski definition) is 6. The molecule has 1 unspecified atom stereocenters. The SMILES string of the molecule is CN(C(=O)C1CCCO1)C1CN(c2ccc3nnc(C4CCC4)n3n2)C1. The van der Waals surface area contributed by atoms with Crippen molar-refractivity contribution in [1.29, 1.82) is 0 Å². The lowest BCUT2D eigenvalue weighted by atomic mass is 9.85. The van der Waals surface area contributed by atoms with Crippen LogP contribution in [0, 0.1) is 0 Å². The van der Waals surface area contributed by atoms with Crippen LogP contribution in [0.3, 0.4) is 0 Å². The summed E-state index contributed by atoms with van der Waals surface area (Å²) in [6.45, 7) is 2.30. The normalized spacial score (nSPS) is 23.9. The van der Waals surface area contributed by atoms with Gasteiger partial charge in [0, 0.05) is 32.7 Å². The molecule has 0 bridgehead atoms. The van der Waals surface area contributed by atoms with Crippen molar-refractivity contribution >= 4 is 17.4 Å². The molecular formula is C18H24N6O2. The first kappa shape index (κ1) is 16.0. The van der Waals surface area contributed by atoms with Crippen molar-refractivity contribution in [3.8, 4) is 0 Å². The monoisotopic (exact) mass is 356 g/mol. The van der Waals surface area contributed by atoms with Crippen molar-refractivity contribution in [2.24, 2.45) is 0 Å². The van der Waals surface area contributed by atoms with Crippen LogP contribution in [0.4, 0.5) is 5.82 Å². The standard InChI is InChI=1S/C18H24N6O2/c1-22(18(25)14-6-3-9-26-14)13-10-23(11-13)16-8-7-15-19-20-17(24(15)21-16)12-4-2-5-12/h7-8,12-14H,2-6,9-11H2,1H3. The molecule has 2 aromatic heterocycles.